The lowest BCUT2D eigenvalue weighted by molar-refractivity contribution is -0.134. The minimum Gasteiger partial charge on any atom is -0.497 e. The van der Waals surface area contributed by atoms with E-state index in [2.05, 4.69) is 16.0 Å². The molecule has 4 aromatic rings. The first-order chi connectivity index (χ1) is 21.5. The van der Waals surface area contributed by atoms with E-state index in [-0.39, 0.29) is 23.3 Å². The fourth-order valence-electron chi connectivity index (χ4n) is 5.88. The molecule has 0 bridgehead atoms. The SMILES string of the molecule is COc1ccc(CN(C2(C#N)CC2)S(=O)(=O)c2cc(N3CCN(C(=O)C(C)C)CC3)c3ncc(-c4cc(N)[nH]c4N)n3c2)cc1. The van der Waals surface area contributed by atoms with Gasteiger partial charge in [-0.2, -0.15) is 9.57 Å². The van der Waals surface area contributed by atoms with Gasteiger partial charge >= 0.3 is 0 Å². The molecule has 0 unspecified atom stereocenters. The smallest absolute Gasteiger partial charge is 0.246 e. The van der Waals surface area contributed by atoms with E-state index >= 15 is 0 Å². The molecule has 14 heteroatoms. The average Bonchev–Trinajstić information content (AvgIpc) is 3.60. The molecule has 2 aliphatic rings. The van der Waals surface area contributed by atoms with E-state index in [1.165, 1.54) is 10.5 Å². The molecule has 0 atom stereocenters. The number of H-pyrrole nitrogens is 1. The van der Waals surface area contributed by atoms with Crippen molar-refractivity contribution in [1.82, 2.24) is 23.6 Å². The van der Waals surface area contributed by atoms with E-state index in [1.54, 1.807) is 54.1 Å². The summed E-state index contributed by atoms with van der Waals surface area (Å²) < 4.78 is 37.6. The van der Waals surface area contributed by atoms with Crippen molar-refractivity contribution in [2.24, 2.45) is 5.92 Å². The summed E-state index contributed by atoms with van der Waals surface area (Å²) in [6, 6.07) is 12.7. The highest BCUT2D eigenvalue weighted by Crippen LogP contribution is 2.45. The molecule has 1 saturated carbocycles. The number of amides is 1. The fraction of sp³-hybridized carbons (Fsp3) is 0.387. The van der Waals surface area contributed by atoms with Gasteiger partial charge in [0.25, 0.3) is 0 Å². The Balaban J connectivity index is 1.47. The van der Waals surface area contributed by atoms with Crippen LogP contribution in [0.2, 0.25) is 0 Å². The van der Waals surface area contributed by atoms with Gasteiger partial charge in [-0.05, 0) is 42.7 Å². The molecule has 45 heavy (non-hydrogen) atoms. The first-order valence-electron chi connectivity index (χ1n) is 14.8. The van der Waals surface area contributed by atoms with Crippen LogP contribution in [0.4, 0.5) is 17.3 Å². The zero-order valence-corrected chi connectivity index (χ0v) is 26.3. The van der Waals surface area contributed by atoms with E-state index in [4.69, 9.17) is 21.2 Å². The van der Waals surface area contributed by atoms with Crippen LogP contribution in [0.1, 0.15) is 32.3 Å². The van der Waals surface area contributed by atoms with E-state index in [9.17, 15) is 18.5 Å². The molecular weight excluding hydrogens is 594 g/mol. The zero-order chi connectivity index (χ0) is 32.1. The molecular formula is C31H37N9O4S. The number of sulfonamides is 1. The predicted octanol–water partition coefficient (Wildman–Crippen LogP) is 3.05. The number of imidazole rings is 1. The van der Waals surface area contributed by atoms with E-state index in [1.807, 2.05) is 18.7 Å². The highest BCUT2D eigenvalue weighted by atomic mass is 32.2. The Bertz CT molecular complexity index is 1900. The summed E-state index contributed by atoms with van der Waals surface area (Å²) in [5, 5.41) is 10.2. The second kappa shape index (κ2) is 11.3. The minimum atomic E-state index is -4.22. The van der Waals surface area contributed by atoms with Crippen molar-refractivity contribution in [2.75, 3.05) is 49.7 Å². The van der Waals surface area contributed by atoms with Gasteiger partial charge in [-0.25, -0.2) is 13.4 Å². The third kappa shape index (κ3) is 5.42. The largest absolute Gasteiger partial charge is 0.497 e. The number of nitrogens with one attached hydrogen (secondary N) is 1. The third-order valence-electron chi connectivity index (χ3n) is 8.61. The van der Waals surface area contributed by atoms with Crippen LogP contribution in [0.5, 0.6) is 5.75 Å². The molecule has 1 aliphatic carbocycles. The highest BCUT2D eigenvalue weighted by Gasteiger charge is 2.54. The molecule has 5 N–H and O–H groups in total. The number of anilines is 3. The number of piperazine rings is 1. The first kappa shape index (κ1) is 30.3. The molecule has 1 amide bonds. The topological polar surface area (TPSA) is 179 Å². The van der Waals surface area contributed by atoms with Gasteiger partial charge in [0.05, 0.1) is 30.8 Å². The molecule has 6 rings (SSSR count). The number of fused-ring (bicyclic) bond motifs is 1. The number of pyridine rings is 1. The van der Waals surface area contributed by atoms with Gasteiger partial charge in [-0.15, -0.1) is 0 Å². The molecule has 4 heterocycles. The monoisotopic (exact) mass is 631 g/mol. The van der Waals surface area contributed by atoms with Crippen molar-refractivity contribution in [3.8, 4) is 23.1 Å². The Morgan fingerprint density at radius 3 is 2.40 bits per heavy atom. The van der Waals surface area contributed by atoms with Crippen molar-refractivity contribution < 1.29 is 17.9 Å². The number of rotatable bonds is 9. The number of carbonyl (C=O) groups is 1. The van der Waals surface area contributed by atoms with Crippen molar-refractivity contribution >= 4 is 38.9 Å². The lowest BCUT2D eigenvalue weighted by atomic mass is 10.1. The Kier molecular flexibility index (Phi) is 7.62. The zero-order valence-electron chi connectivity index (χ0n) is 25.5. The number of aromatic amines is 1. The number of nitrogen functional groups attached to an aromatic ring is 2. The van der Waals surface area contributed by atoms with Crippen molar-refractivity contribution in [1.29, 1.82) is 5.26 Å². The van der Waals surface area contributed by atoms with Crippen LogP contribution in [0.15, 0.2) is 53.7 Å². The number of nitrogens with zero attached hydrogens (tertiary/aromatic N) is 6. The van der Waals surface area contributed by atoms with Gasteiger partial charge in [0, 0.05) is 50.4 Å². The molecule has 1 aromatic carbocycles. The van der Waals surface area contributed by atoms with Crippen molar-refractivity contribution in [3.63, 3.8) is 0 Å². The van der Waals surface area contributed by atoms with Crippen LogP contribution in [0.3, 0.4) is 0 Å². The Morgan fingerprint density at radius 2 is 1.84 bits per heavy atom. The molecule has 0 radical (unpaired) electrons. The Labute approximate surface area is 262 Å². The maximum Gasteiger partial charge on any atom is 0.246 e. The molecule has 0 spiro atoms. The van der Waals surface area contributed by atoms with Gasteiger partial charge in [-0.1, -0.05) is 26.0 Å². The van der Waals surface area contributed by atoms with Crippen molar-refractivity contribution in [3.05, 3.63) is 54.4 Å². The summed E-state index contributed by atoms with van der Waals surface area (Å²) in [6.45, 7) is 5.76. The maximum atomic E-state index is 14.6. The summed E-state index contributed by atoms with van der Waals surface area (Å²) in [5.74, 6) is 1.31. The number of hydrogen-bond donors (Lipinski definition) is 3. The number of benzene rings is 1. The van der Waals surface area contributed by atoms with Gasteiger partial charge in [0.15, 0.2) is 5.65 Å². The van der Waals surface area contributed by atoms with Gasteiger partial charge in [0.1, 0.15) is 27.8 Å². The Hall–Kier alpha value is -4.74. The summed E-state index contributed by atoms with van der Waals surface area (Å²) in [4.78, 5) is 24.2. The molecule has 13 nitrogen and oxygen atoms in total. The highest BCUT2D eigenvalue weighted by molar-refractivity contribution is 7.89. The molecule has 236 valence electrons. The maximum absolute atomic E-state index is 14.6. The van der Waals surface area contributed by atoms with Gasteiger partial charge in [-0.3, -0.25) is 9.20 Å². The van der Waals surface area contributed by atoms with Crippen LogP contribution in [-0.2, 0) is 21.4 Å². The number of nitrogens with two attached hydrogens (primary N) is 2. The van der Waals surface area contributed by atoms with Crippen LogP contribution in [0.25, 0.3) is 16.9 Å². The number of aromatic nitrogens is 3. The number of methoxy groups -OCH3 is 1. The lowest BCUT2D eigenvalue weighted by Gasteiger charge is -2.37. The van der Waals surface area contributed by atoms with E-state index in [0.717, 1.165) is 5.56 Å². The number of hydrogen-bond acceptors (Lipinski definition) is 9. The van der Waals surface area contributed by atoms with E-state index < -0.39 is 15.6 Å². The second-order valence-corrected chi connectivity index (χ2v) is 13.8. The molecule has 1 aliphatic heterocycles. The normalized spacial score (nSPS) is 16.4. The van der Waals surface area contributed by atoms with E-state index in [0.29, 0.717) is 79.0 Å². The Morgan fingerprint density at radius 1 is 1.16 bits per heavy atom. The van der Waals surface area contributed by atoms with Crippen LogP contribution < -0.4 is 21.1 Å². The molecule has 3 aromatic heterocycles. The second-order valence-electron chi connectivity index (χ2n) is 11.9. The first-order valence-corrected chi connectivity index (χ1v) is 16.3. The van der Waals surface area contributed by atoms with Crippen molar-refractivity contribution in [2.45, 2.75) is 43.7 Å². The average molecular weight is 632 g/mol. The summed E-state index contributed by atoms with van der Waals surface area (Å²) in [5.41, 5.74) is 14.1. The van der Waals surface area contributed by atoms with Crippen LogP contribution in [0, 0.1) is 17.2 Å². The number of nitriles is 1. The standard InChI is InChI=1S/C31H37N9O4S/c1-20(2)30(41)38-12-10-37(11-13-38)25-14-23(18-39-26(16-35-29(25)39)24-15-27(33)36-28(24)34)45(42,43)40(31(19-32)8-9-31)17-21-4-6-22(44-3)7-5-21/h4-7,14-16,18,20,36H,8-13,17,33-34H2,1-3H3. The van der Waals surface area contributed by atoms with Crippen LogP contribution >= 0.6 is 0 Å². The van der Waals surface area contributed by atoms with Gasteiger partial charge in [0.2, 0.25) is 15.9 Å². The number of carbonyl (C=O) groups excluding carboxylic acids is 1. The summed E-state index contributed by atoms with van der Waals surface area (Å²) in [6.07, 6.45) is 4.05. The molecule has 1 saturated heterocycles. The quantitative estimate of drug-likeness (QED) is 0.250. The van der Waals surface area contributed by atoms with Gasteiger partial charge < -0.3 is 31.0 Å². The molecule has 2 fully saturated rings. The number of ether oxygens (including phenoxy) is 1. The summed E-state index contributed by atoms with van der Waals surface area (Å²) in [7, 11) is -2.65. The third-order valence-corrected chi connectivity index (χ3v) is 10.5. The minimum absolute atomic E-state index is 0.0152. The van der Waals surface area contributed by atoms with Crippen LogP contribution in [-0.4, -0.2) is 76.7 Å². The lowest BCUT2D eigenvalue weighted by Crippen LogP contribution is -2.50. The predicted molar refractivity (Wildman–Crippen MR) is 171 cm³/mol. The fourth-order valence-corrected chi connectivity index (χ4v) is 7.64. The summed E-state index contributed by atoms with van der Waals surface area (Å²) >= 11 is 0.